The van der Waals surface area contributed by atoms with E-state index in [-0.39, 0.29) is 11.8 Å². The van der Waals surface area contributed by atoms with Crippen LogP contribution in [0.15, 0.2) is 42.5 Å². The molecule has 2 amide bonds. The van der Waals surface area contributed by atoms with E-state index in [1.165, 1.54) is 0 Å². The second-order valence-electron chi connectivity index (χ2n) is 6.65. The summed E-state index contributed by atoms with van der Waals surface area (Å²) in [6.07, 6.45) is 0. The van der Waals surface area contributed by atoms with Gasteiger partial charge in [0, 0.05) is 17.3 Å². The van der Waals surface area contributed by atoms with Crippen LogP contribution < -0.4 is 10.6 Å². The largest absolute Gasteiger partial charge is 0.351 e. The Bertz CT molecular complexity index is 800. The van der Waals surface area contributed by atoms with Crippen LogP contribution in [0, 0.1) is 19.3 Å². The maximum atomic E-state index is 12.6. The van der Waals surface area contributed by atoms with Crippen LogP contribution in [0.4, 0.5) is 5.69 Å². The molecule has 0 bridgehead atoms. The van der Waals surface area contributed by atoms with Crippen molar-refractivity contribution in [2.24, 2.45) is 5.41 Å². The lowest BCUT2D eigenvalue weighted by atomic mass is 9.90. The smallest absolute Gasteiger partial charge is 0.239 e. The number of carbonyl (C=O) groups excluding carboxylic acids is 2. The molecule has 0 atom stereocenters. The number of hydrogen-bond donors (Lipinski definition) is 2. The summed E-state index contributed by atoms with van der Waals surface area (Å²) in [6, 6.07) is 13.1. The lowest BCUT2D eigenvalue weighted by Crippen LogP contribution is -2.45. The van der Waals surface area contributed by atoms with Crippen molar-refractivity contribution in [3.8, 4) is 0 Å². The van der Waals surface area contributed by atoms with Gasteiger partial charge in [0.2, 0.25) is 11.8 Å². The number of halogens is 1. The highest BCUT2D eigenvalue weighted by atomic mass is 35.5. The maximum Gasteiger partial charge on any atom is 0.239 e. The zero-order chi connectivity index (χ0) is 18.6. The quantitative estimate of drug-likeness (QED) is 0.785. The molecule has 0 fully saturated rings. The molecule has 25 heavy (non-hydrogen) atoms. The standard InChI is InChI=1S/C20H23ClN2O2/c1-13-7-5-6-8-15(13)12-22-18(24)20(3,4)19(25)23-17-11-16(21)10-9-14(17)2/h5-11H,12H2,1-4H3,(H,22,24)(H,23,25). The Labute approximate surface area is 153 Å². The molecule has 0 aliphatic heterocycles. The molecule has 4 nitrogen and oxygen atoms in total. The van der Waals surface area contributed by atoms with Gasteiger partial charge in [-0.1, -0.05) is 41.9 Å². The molecular formula is C20H23ClN2O2. The average molecular weight is 359 g/mol. The van der Waals surface area contributed by atoms with E-state index < -0.39 is 5.41 Å². The van der Waals surface area contributed by atoms with Crippen molar-refractivity contribution in [1.29, 1.82) is 0 Å². The second-order valence-corrected chi connectivity index (χ2v) is 7.08. The van der Waals surface area contributed by atoms with Crippen molar-refractivity contribution in [3.05, 3.63) is 64.2 Å². The first-order valence-electron chi connectivity index (χ1n) is 8.12. The van der Waals surface area contributed by atoms with E-state index in [0.717, 1.165) is 16.7 Å². The van der Waals surface area contributed by atoms with Crippen molar-refractivity contribution in [3.63, 3.8) is 0 Å². The topological polar surface area (TPSA) is 58.2 Å². The van der Waals surface area contributed by atoms with Crippen molar-refractivity contribution >= 4 is 29.1 Å². The van der Waals surface area contributed by atoms with Gasteiger partial charge in [-0.05, 0) is 56.5 Å². The predicted octanol–water partition coefficient (Wildman–Crippen LogP) is 4.24. The third-order valence-corrected chi connectivity index (χ3v) is 4.52. The monoisotopic (exact) mass is 358 g/mol. The number of rotatable bonds is 5. The minimum Gasteiger partial charge on any atom is -0.351 e. The van der Waals surface area contributed by atoms with E-state index in [1.807, 2.05) is 44.2 Å². The maximum absolute atomic E-state index is 12.6. The van der Waals surface area contributed by atoms with Gasteiger partial charge in [0.1, 0.15) is 5.41 Å². The van der Waals surface area contributed by atoms with E-state index >= 15 is 0 Å². The van der Waals surface area contributed by atoms with Crippen molar-refractivity contribution < 1.29 is 9.59 Å². The Balaban J connectivity index is 2.06. The fourth-order valence-corrected chi connectivity index (χ4v) is 2.49. The number of hydrogen-bond acceptors (Lipinski definition) is 2. The van der Waals surface area contributed by atoms with E-state index in [0.29, 0.717) is 17.3 Å². The summed E-state index contributed by atoms with van der Waals surface area (Å²) >= 11 is 5.98. The first kappa shape index (κ1) is 19.0. The molecule has 0 radical (unpaired) electrons. The first-order chi connectivity index (χ1) is 11.7. The van der Waals surface area contributed by atoms with Gasteiger partial charge in [-0.3, -0.25) is 9.59 Å². The van der Waals surface area contributed by atoms with Crippen molar-refractivity contribution in [2.75, 3.05) is 5.32 Å². The Hall–Kier alpha value is -2.33. The van der Waals surface area contributed by atoms with Crippen LogP contribution in [-0.2, 0) is 16.1 Å². The van der Waals surface area contributed by atoms with E-state index in [9.17, 15) is 9.59 Å². The summed E-state index contributed by atoms with van der Waals surface area (Å²) in [6.45, 7) is 7.46. The Morgan fingerprint density at radius 2 is 1.68 bits per heavy atom. The fourth-order valence-electron chi connectivity index (χ4n) is 2.32. The third-order valence-electron chi connectivity index (χ3n) is 4.28. The molecule has 0 saturated carbocycles. The lowest BCUT2D eigenvalue weighted by Gasteiger charge is -2.23. The van der Waals surface area contributed by atoms with Gasteiger partial charge in [-0.15, -0.1) is 0 Å². The molecule has 2 aromatic rings. The van der Waals surface area contributed by atoms with Gasteiger partial charge in [0.05, 0.1) is 0 Å². The number of amides is 2. The summed E-state index contributed by atoms with van der Waals surface area (Å²) < 4.78 is 0. The van der Waals surface area contributed by atoms with Gasteiger partial charge in [0.25, 0.3) is 0 Å². The molecule has 5 heteroatoms. The van der Waals surface area contributed by atoms with Crippen LogP contribution in [0.3, 0.4) is 0 Å². The molecule has 0 heterocycles. The Morgan fingerprint density at radius 3 is 2.36 bits per heavy atom. The lowest BCUT2D eigenvalue weighted by molar-refractivity contribution is -0.138. The molecule has 0 aliphatic rings. The van der Waals surface area contributed by atoms with Gasteiger partial charge < -0.3 is 10.6 Å². The van der Waals surface area contributed by atoms with Crippen LogP contribution in [0.5, 0.6) is 0 Å². The normalized spacial score (nSPS) is 11.1. The van der Waals surface area contributed by atoms with E-state index in [1.54, 1.807) is 26.0 Å². The van der Waals surface area contributed by atoms with E-state index in [2.05, 4.69) is 10.6 Å². The molecule has 0 saturated heterocycles. The van der Waals surface area contributed by atoms with Gasteiger partial charge in [-0.25, -0.2) is 0 Å². The summed E-state index contributed by atoms with van der Waals surface area (Å²) in [5, 5.41) is 6.17. The van der Waals surface area contributed by atoms with Crippen LogP contribution in [0.2, 0.25) is 5.02 Å². The van der Waals surface area contributed by atoms with Gasteiger partial charge >= 0.3 is 0 Å². The summed E-state index contributed by atoms with van der Waals surface area (Å²) in [5.74, 6) is -0.701. The van der Waals surface area contributed by atoms with Crippen LogP contribution >= 0.6 is 11.6 Å². The Morgan fingerprint density at radius 1 is 1.00 bits per heavy atom. The number of nitrogens with one attached hydrogen (secondary N) is 2. The highest BCUT2D eigenvalue weighted by Gasteiger charge is 2.36. The highest BCUT2D eigenvalue weighted by molar-refractivity contribution is 6.31. The zero-order valence-electron chi connectivity index (χ0n) is 14.9. The molecule has 132 valence electrons. The molecule has 0 aromatic heterocycles. The molecule has 0 aliphatic carbocycles. The van der Waals surface area contributed by atoms with Crippen molar-refractivity contribution in [2.45, 2.75) is 34.2 Å². The predicted molar refractivity (Wildman–Crippen MR) is 102 cm³/mol. The van der Waals surface area contributed by atoms with Gasteiger partial charge in [0.15, 0.2) is 0 Å². The zero-order valence-corrected chi connectivity index (χ0v) is 15.7. The van der Waals surface area contributed by atoms with Crippen LogP contribution in [-0.4, -0.2) is 11.8 Å². The molecule has 0 spiro atoms. The second kappa shape index (κ2) is 7.70. The molecule has 2 N–H and O–H groups in total. The first-order valence-corrected chi connectivity index (χ1v) is 8.50. The minimum atomic E-state index is -1.21. The summed E-state index contributed by atoms with van der Waals surface area (Å²) in [5.41, 5.74) is 2.40. The van der Waals surface area contributed by atoms with Crippen LogP contribution in [0.1, 0.15) is 30.5 Å². The number of benzene rings is 2. The number of carbonyl (C=O) groups is 2. The summed E-state index contributed by atoms with van der Waals surface area (Å²) in [7, 11) is 0. The highest BCUT2D eigenvalue weighted by Crippen LogP contribution is 2.24. The third kappa shape index (κ3) is 4.60. The van der Waals surface area contributed by atoms with Gasteiger partial charge in [-0.2, -0.15) is 0 Å². The summed E-state index contributed by atoms with van der Waals surface area (Å²) in [4.78, 5) is 25.1. The molecule has 0 unspecified atom stereocenters. The molecular weight excluding hydrogens is 336 g/mol. The van der Waals surface area contributed by atoms with Crippen LogP contribution in [0.25, 0.3) is 0 Å². The number of aryl methyl sites for hydroxylation is 2. The SMILES string of the molecule is Cc1ccccc1CNC(=O)C(C)(C)C(=O)Nc1cc(Cl)ccc1C. The minimum absolute atomic E-state index is 0.326. The Kier molecular flexibility index (Phi) is 5.85. The average Bonchev–Trinajstić information content (AvgIpc) is 2.57. The molecule has 2 aromatic carbocycles. The fraction of sp³-hybridized carbons (Fsp3) is 0.300. The van der Waals surface area contributed by atoms with Crippen molar-refractivity contribution in [1.82, 2.24) is 5.32 Å². The molecule has 2 rings (SSSR count). The number of anilines is 1. The van der Waals surface area contributed by atoms with E-state index in [4.69, 9.17) is 11.6 Å².